The number of carbonyl (C=O) groups excluding carboxylic acids is 1. The number of amides is 1. The number of unbranched alkanes of at least 4 members (excludes halogenated alkanes) is 1. The van der Waals surface area contributed by atoms with Crippen LogP contribution in [0.1, 0.15) is 30.3 Å². The summed E-state index contributed by atoms with van der Waals surface area (Å²) >= 11 is 0. The van der Waals surface area contributed by atoms with E-state index in [0.717, 1.165) is 30.8 Å². The number of hydrogen-bond acceptors (Lipinski definition) is 3. The van der Waals surface area contributed by atoms with E-state index in [9.17, 15) is 4.79 Å². The Balaban J connectivity index is 2.10. The van der Waals surface area contributed by atoms with Crippen LogP contribution in [0, 0.1) is 0 Å². The summed E-state index contributed by atoms with van der Waals surface area (Å²) in [5.74, 6) is -0.111. The van der Waals surface area contributed by atoms with Crippen molar-refractivity contribution < 1.29 is 4.79 Å². The summed E-state index contributed by atoms with van der Waals surface area (Å²) in [6.07, 6.45) is 3.91. The number of benzene rings is 1. The van der Waals surface area contributed by atoms with Crippen LogP contribution in [0.3, 0.4) is 0 Å². The first-order chi connectivity index (χ1) is 10.2. The SMILES string of the molecule is CCCCNc1ccnc(C(=O)N(C)c2ccccc2)c1. The molecule has 1 heterocycles. The maximum Gasteiger partial charge on any atom is 0.276 e. The number of carbonyl (C=O) groups is 1. The van der Waals surface area contributed by atoms with Crippen molar-refractivity contribution in [2.24, 2.45) is 0 Å². The molecule has 1 aromatic carbocycles. The molecule has 4 heteroatoms. The van der Waals surface area contributed by atoms with Gasteiger partial charge in [0.2, 0.25) is 0 Å². The zero-order chi connectivity index (χ0) is 15.1. The van der Waals surface area contributed by atoms with E-state index in [1.165, 1.54) is 0 Å². The Hall–Kier alpha value is -2.36. The van der Waals surface area contributed by atoms with Crippen molar-refractivity contribution in [2.45, 2.75) is 19.8 Å². The third-order valence-electron chi connectivity index (χ3n) is 3.29. The monoisotopic (exact) mass is 283 g/mol. The highest BCUT2D eigenvalue weighted by Gasteiger charge is 2.14. The standard InChI is InChI=1S/C17H21N3O/c1-3-4-11-18-14-10-12-19-16(13-14)17(21)20(2)15-8-6-5-7-9-15/h5-10,12-13H,3-4,11H2,1-2H3,(H,18,19). The van der Waals surface area contributed by atoms with Crippen molar-refractivity contribution in [3.63, 3.8) is 0 Å². The zero-order valence-electron chi connectivity index (χ0n) is 12.5. The maximum atomic E-state index is 12.5. The quantitative estimate of drug-likeness (QED) is 0.824. The van der Waals surface area contributed by atoms with Gasteiger partial charge in [-0.15, -0.1) is 0 Å². The summed E-state index contributed by atoms with van der Waals surface area (Å²) in [5, 5.41) is 3.31. The molecule has 110 valence electrons. The first-order valence-corrected chi connectivity index (χ1v) is 7.25. The molecule has 4 nitrogen and oxygen atoms in total. The normalized spacial score (nSPS) is 10.2. The van der Waals surface area contributed by atoms with Crippen LogP contribution in [-0.2, 0) is 0 Å². The molecule has 1 amide bonds. The van der Waals surface area contributed by atoms with Gasteiger partial charge in [-0.1, -0.05) is 31.5 Å². The number of rotatable bonds is 6. The Labute approximate surface area is 125 Å². The Bertz CT molecular complexity index is 584. The Kier molecular flexibility index (Phi) is 5.32. The molecule has 0 aliphatic carbocycles. The Morgan fingerprint density at radius 1 is 1.24 bits per heavy atom. The lowest BCUT2D eigenvalue weighted by Crippen LogP contribution is -2.27. The Morgan fingerprint density at radius 2 is 2.00 bits per heavy atom. The van der Waals surface area contributed by atoms with Gasteiger partial charge in [0.25, 0.3) is 5.91 Å². The van der Waals surface area contributed by atoms with Crippen LogP contribution in [0.5, 0.6) is 0 Å². The van der Waals surface area contributed by atoms with Gasteiger partial charge in [0, 0.05) is 31.2 Å². The predicted octanol–water partition coefficient (Wildman–Crippen LogP) is 3.57. The second kappa shape index (κ2) is 7.43. The molecule has 2 aromatic rings. The van der Waals surface area contributed by atoms with Crippen molar-refractivity contribution in [2.75, 3.05) is 23.8 Å². The van der Waals surface area contributed by atoms with Crippen LogP contribution in [-0.4, -0.2) is 24.5 Å². The number of nitrogens with one attached hydrogen (secondary N) is 1. The van der Waals surface area contributed by atoms with E-state index >= 15 is 0 Å². The van der Waals surface area contributed by atoms with E-state index in [-0.39, 0.29) is 5.91 Å². The number of anilines is 2. The van der Waals surface area contributed by atoms with Crippen LogP contribution >= 0.6 is 0 Å². The number of aromatic nitrogens is 1. The van der Waals surface area contributed by atoms with Crippen molar-refractivity contribution in [1.29, 1.82) is 0 Å². The summed E-state index contributed by atoms with van der Waals surface area (Å²) in [6, 6.07) is 13.2. The van der Waals surface area contributed by atoms with Gasteiger partial charge < -0.3 is 10.2 Å². The zero-order valence-corrected chi connectivity index (χ0v) is 12.5. The van der Waals surface area contributed by atoms with Gasteiger partial charge in [0.1, 0.15) is 5.69 Å². The Morgan fingerprint density at radius 3 is 2.71 bits per heavy atom. The van der Waals surface area contributed by atoms with E-state index in [0.29, 0.717) is 5.69 Å². The molecule has 0 radical (unpaired) electrons. The summed E-state index contributed by atoms with van der Waals surface area (Å²) in [4.78, 5) is 18.3. The minimum atomic E-state index is -0.111. The van der Waals surface area contributed by atoms with Gasteiger partial charge in [0.15, 0.2) is 0 Å². The van der Waals surface area contributed by atoms with Crippen molar-refractivity contribution >= 4 is 17.3 Å². The number of para-hydroxylation sites is 1. The van der Waals surface area contributed by atoms with Gasteiger partial charge >= 0.3 is 0 Å². The fraction of sp³-hybridized carbons (Fsp3) is 0.294. The van der Waals surface area contributed by atoms with Crippen molar-refractivity contribution in [3.05, 3.63) is 54.4 Å². The number of nitrogens with zero attached hydrogens (tertiary/aromatic N) is 2. The molecule has 0 unspecified atom stereocenters. The molecule has 0 saturated carbocycles. The fourth-order valence-electron chi connectivity index (χ4n) is 2.01. The lowest BCUT2D eigenvalue weighted by molar-refractivity contribution is 0.0988. The molecular formula is C17H21N3O. The average Bonchev–Trinajstić information content (AvgIpc) is 2.55. The van der Waals surface area contributed by atoms with Gasteiger partial charge in [-0.3, -0.25) is 9.78 Å². The van der Waals surface area contributed by atoms with E-state index < -0.39 is 0 Å². The number of pyridine rings is 1. The summed E-state index contributed by atoms with van der Waals surface area (Å²) in [7, 11) is 1.76. The van der Waals surface area contributed by atoms with E-state index in [1.807, 2.05) is 36.4 Å². The molecule has 0 saturated heterocycles. The van der Waals surface area contributed by atoms with Crippen LogP contribution in [0.2, 0.25) is 0 Å². The maximum absolute atomic E-state index is 12.5. The summed E-state index contributed by atoms with van der Waals surface area (Å²) in [5.41, 5.74) is 2.24. The minimum absolute atomic E-state index is 0.111. The summed E-state index contributed by atoms with van der Waals surface area (Å²) < 4.78 is 0. The number of hydrogen-bond donors (Lipinski definition) is 1. The molecule has 1 aromatic heterocycles. The third-order valence-corrected chi connectivity index (χ3v) is 3.29. The highest BCUT2D eigenvalue weighted by Crippen LogP contribution is 2.15. The molecule has 0 aliphatic heterocycles. The topological polar surface area (TPSA) is 45.2 Å². The highest BCUT2D eigenvalue weighted by molar-refractivity contribution is 6.04. The van der Waals surface area contributed by atoms with Gasteiger partial charge in [-0.25, -0.2) is 0 Å². The molecule has 2 rings (SSSR count). The lowest BCUT2D eigenvalue weighted by Gasteiger charge is -2.17. The van der Waals surface area contributed by atoms with E-state index in [4.69, 9.17) is 0 Å². The highest BCUT2D eigenvalue weighted by atomic mass is 16.2. The minimum Gasteiger partial charge on any atom is -0.385 e. The molecule has 0 fully saturated rings. The van der Waals surface area contributed by atoms with Gasteiger partial charge in [-0.2, -0.15) is 0 Å². The fourth-order valence-corrected chi connectivity index (χ4v) is 2.01. The van der Waals surface area contributed by atoms with Crippen molar-refractivity contribution in [1.82, 2.24) is 4.98 Å². The van der Waals surface area contributed by atoms with E-state index in [2.05, 4.69) is 17.2 Å². The molecule has 0 aliphatic rings. The average molecular weight is 283 g/mol. The first kappa shape index (κ1) is 15.0. The molecule has 1 N–H and O–H groups in total. The van der Waals surface area contributed by atoms with E-state index in [1.54, 1.807) is 24.2 Å². The lowest BCUT2D eigenvalue weighted by atomic mass is 10.2. The third kappa shape index (κ3) is 4.05. The summed E-state index contributed by atoms with van der Waals surface area (Å²) in [6.45, 7) is 3.06. The van der Waals surface area contributed by atoms with Crippen LogP contribution in [0.25, 0.3) is 0 Å². The largest absolute Gasteiger partial charge is 0.385 e. The predicted molar refractivity (Wildman–Crippen MR) is 86.8 cm³/mol. The smallest absolute Gasteiger partial charge is 0.276 e. The second-order valence-electron chi connectivity index (χ2n) is 4.91. The molecule has 21 heavy (non-hydrogen) atoms. The van der Waals surface area contributed by atoms with Crippen LogP contribution < -0.4 is 10.2 Å². The molecule has 0 atom stereocenters. The molecule has 0 bridgehead atoms. The van der Waals surface area contributed by atoms with Crippen molar-refractivity contribution in [3.8, 4) is 0 Å². The van der Waals surface area contributed by atoms with Crippen LogP contribution in [0.4, 0.5) is 11.4 Å². The van der Waals surface area contributed by atoms with Gasteiger partial charge in [0.05, 0.1) is 0 Å². The second-order valence-corrected chi connectivity index (χ2v) is 4.91. The molecular weight excluding hydrogens is 262 g/mol. The van der Waals surface area contributed by atoms with Gasteiger partial charge in [-0.05, 0) is 30.7 Å². The first-order valence-electron chi connectivity index (χ1n) is 7.25. The molecule has 0 spiro atoms. The van der Waals surface area contributed by atoms with Crippen LogP contribution in [0.15, 0.2) is 48.7 Å².